The second kappa shape index (κ2) is 15.4. The first-order valence-electron chi connectivity index (χ1n) is 17.8. The lowest BCUT2D eigenvalue weighted by Gasteiger charge is -2.45. The minimum Gasteiger partial charge on any atom is -0.407 e. The van der Waals surface area contributed by atoms with Gasteiger partial charge in [-0.1, -0.05) is 163 Å². The van der Waals surface area contributed by atoms with Gasteiger partial charge in [0, 0.05) is 25.0 Å². The fourth-order valence-electron chi connectivity index (χ4n) is 7.48. The Morgan fingerprint density at radius 3 is 0.875 bits per heavy atom. The van der Waals surface area contributed by atoms with Crippen LogP contribution in [0, 0.1) is 11.8 Å². The SMILES string of the molecule is CC(C)(C)[Si](OC[C@@H]1CC[C@@H]1O)(c1ccccc1)c1ccccc1.CC(C)(C)[Si](OC[C@H]1CC[C@H]1O)(c1ccccc1)c1ccccc1. The van der Waals surface area contributed by atoms with Crippen LogP contribution in [0.25, 0.3) is 0 Å². The fraction of sp³-hybridized carbons (Fsp3) is 0.429. The highest BCUT2D eigenvalue weighted by atomic mass is 28.4. The highest BCUT2D eigenvalue weighted by Gasteiger charge is 2.52. The van der Waals surface area contributed by atoms with Crippen molar-refractivity contribution in [3.8, 4) is 0 Å². The van der Waals surface area contributed by atoms with Crippen molar-refractivity contribution in [2.24, 2.45) is 11.8 Å². The molecule has 6 rings (SSSR count). The molecule has 4 nitrogen and oxygen atoms in total. The molecule has 4 aromatic rings. The Morgan fingerprint density at radius 2 is 0.708 bits per heavy atom. The van der Waals surface area contributed by atoms with Gasteiger partial charge >= 0.3 is 0 Å². The van der Waals surface area contributed by atoms with Crippen molar-refractivity contribution in [2.45, 2.75) is 89.5 Å². The maximum atomic E-state index is 9.98. The monoisotopic (exact) mass is 680 g/mol. The minimum atomic E-state index is -2.44. The van der Waals surface area contributed by atoms with E-state index in [9.17, 15) is 10.2 Å². The molecule has 2 N–H and O–H groups in total. The first-order chi connectivity index (χ1) is 22.9. The highest BCUT2D eigenvalue weighted by molar-refractivity contribution is 7.00. The molecule has 0 aromatic heterocycles. The van der Waals surface area contributed by atoms with E-state index < -0.39 is 16.6 Å². The molecule has 2 aliphatic carbocycles. The number of hydrogen-bond acceptors (Lipinski definition) is 4. The quantitative estimate of drug-likeness (QED) is 0.184. The zero-order valence-electron chi connectivity index (χ0n) is 29.8. The van der Waals surface area contributed by atoms with Gasteiger partial charge in [0.15, 0.2) is 0 Å². The summed E-state index contributed by atoms with van der Waals surface area (Å²) in [5, 5.41) is 25.2. The summed E-state index contributed by atoms with van der Waals surface area (Å²) in [5.74, 6) is 0.568. The van der Waals surface area contributed by atoms with Gasteiger partial charge in [-0.05, 0) is 56.5 Å². The van der Waals surface area contributed by atoms with Crippen LogP contribution in [-0.4, -0.2) is 52.3 Å². The standard InChI is InChI=1S/2C21H28O2Si/c2*1-21(2,3)24(18-10-6-4-7-11-18,19-12-8-5-9-13-19)23-16-17-14-15-20(17)22/h2*4-13,17,20,22H,14-16H2,1-3H3/t2*17-,20-/m10/s1. The normalized spacial score (nSPS) is 21.3. The summed E-state index contributed by atoms with van der Waals surface area (Å²) in [6, 6.07) is 42.8. The Bertz CT molecular complexity index is 1340. The number of hydrogen-bond donors (Lipinski definition) is 2. The lowest BCUT2D eigenvalue weighted by molar-refractivity contribution is -0.00365. The van der Waals surface area contributed by atoms with Crippen molar-refractivity contribution in [1.29, 1.82) is 0 Å². The van der Waals surface area contributed by atoms with Crippen LogP contribution in [0.15, 0.2) is 121 Å². The molecule has 2 fully saturated rings. The third-order valence-electron chi connectivity index (χ3n) is 10.6. The molecule has 0 saturated heterocycles. The van der Waals surface area contributed by atoms with Crippen molar-refractivity contribution in [3.05, 3.63) is 121 Å². The van der Waals surface area contributed by atoms with E-state index in [1.807, 2.05) is 0 Å². The predicted molar refractivity (Wildman–Crippen MR) is 205 cm³/mol. The summed E-state index contributed by atoms with van der Waals surface area (Å²) in [6.45, 7) is 15.0. The van der Waals surface area contributed by atoms with E-state index in [1.165, 1.54) is 20.7 Å². The Labute approximate surface area is 291 Å². The van der Waals surface area contributed by atoms with E-state index in [0.29, 0.717) is 13.2 Å². The molecule has 2 saturated carbocycles. The van der Waals surface area contributed by atoms with Crippen LogP contribution >= 0.6 is 0 Å². The van der Waals surface area contributed by atoms with Crippen molar-refractivity contribution >= 4 is 37.4 Å². The topological polar surface area (TPSA) is 58.9 Å². The maximum absolute atomic E-state index is 9.98. The third-order valence-corrected chi connectivity index (χ3v) is 20.6. The van der Waals surface area contributed by atoms with Crippen molar-refractivity contribution in [1.82, 2.24) is 0 Å². The number of aliphatic hydroxyl groups is 2. The summed E-state index contributed by atoms with van der Waals surface area (Å²) in [5.41, 5.74) is 0. The fourth-order valence-corrected chi connectivity index (χ4v) is 16.7. The van der Waals surface area contributed by atoms with Gasteiger partial charge in [0.2, 0.25) is 0 Å². The molecule has 0 spiro atoms. The second-order valence-electron chi connectivity index (χ2n) is 15.8. The highest BCUT2D eigenvalue weighted by Crippen LogP contribution is 2.40. The summed E-state index contributed by atoms with van der Waals surface area (Å²) in [4.78, 5) is 0. The minimum absolute atomic E-state index is 0.00437. The lowest BCUT2D eigenvalue weighted by Crippen LogP contribution is -2.67. The number of benzene rings is 4. The molecule has 6 heteroatoms. The van der Waals surface area contributed by atoms with Crippen LogP contribution in [0.5, 0.6) is 0 Å². The zero-order chi connectivity index (χ0) is 34.4. The molecule has 2 aliphatic rings. The molecule has 0 heterocycles. The molecular weight excluding hydrogens is 625 g/mol. The average molecular weight is 681 g/mol. The van der Waals surface area contributed by atoms with E-state index in [0.717, 1.165) is 25.7 Å². The second-order valence-corrected chi connectivity index (χ2v) is 24.4. The Balaban J connectivity index is 0.000000188. The maximum Gasteiger partial charge on any atom is 0.261 e. The molecule has 0 aliphatic heterocycles. The zero-order valence-corrected chi connectivity index (χ0v) is 31.8. The molecule has 48 heavy (non-hydrogen) atoms. The summed E-state index contributed by atoms with van der Waals surface area (Å²) < 4.78 is 13.6. The molecule has 0 bridgehead atoms. The van der Waals surface area contributed by atoms with Crippen LogP contribution < -0.4 is 20.7 Å². The first kappa shape index (κ1) is 36.4. The molecular formula is C42H56O4Si2. The van der Waals surface area contributed by atoms with Gasteiger partial charge in [-0.3, -0.25) is 0 Å². The predicted octanol–water partition coefficient (Wildman–Crippen LogP) is 6.67. The van der Waals surface area contributed by atoms with Crippen LogP contribution in [0.2, 0.25) is 10.1 Å². The van der Waals surface area contributed by atoms with Crippen LogP contribution in [0.4, 0.5) is 0 Å². The average Bonchev–Trinajstić information content (AvgIpc) is 3.08. The number of aliphatic hydroxyl groups excluding tert-OH is 2. The molecule has 256 valence electrons. The van der Waals surface area contributed by atoms with Gasteiger partial charge in [-0.2, -0.15) is 0 Å². The summed E-state index contributed by atoms with van der Waals surface area (Å²) >= 11 is 0. The summed E-state index contributed by atoms with van der Waals surface area (Å²) in [7, 11) is -4.87. The van der Waals surface area contributed by atoms with E-state index in [-0.39, 0.29) is 34.1 Å². The molecule has 0 unspecified atom stereocenters. The van der Waals surface area contributed by atoms with Gasteiger partial charge in [0.05, 0.1) is 12.2 Å². The van der Waals surface area contributed by atoms with Gasteiger partial charge in [-0.25, -0.2) is 0 Å². The Hall–Kier alpha value is -2.85. The van der Waals surface area contributed by atoms with Crippen molar-refractivity contribution < 1.29 is 19.1 Å². The molecule has 0 amide bonds. The van der Waals surface area contributed by atoms with E-state index in [4.69, 9.17) is 8.85 Å². The van der Waals surface area contributed by atoms with E-state index in [2.05, 4.69) is 163 Å². The third kappa shape index (κ3) is 7.49. The van der Waals surface area contributed by atoms with Crippen molar-refractivity contribution in [3.63, 3.8) is 0 Å². The molecule has 0 radical (unpaired) electrons. The largest absolute Gasteiger partial charge is 0.407 e. The first-order valence-corrected chi connectivity index (χ1v) is 21.6. The van der Waals surface area contributed by atoms with Crippen LogP contribution in [0.3, 0.4) is 0 Å². The molecule has 4 atom stereocenters. The van der Waals surface area contributed by atoms with Gasteiger partial charge in [0.25, 0.3) is 16.6 Å². The van der Waals surface area contributed by atoms with E-state index >= 15 is 0 Å². The van der Waals surface area contributed by atoms with Crippen LogP contribution in [-0.2, 0) is 8.85 Å². The van der Waals surface area contributed by atoms with Gasteiger partial charge in [0.1, 0.15) is 0 Å². The van der Waals surface area contributed by atoms with E-state index in [1.54, 1.807) is 0 Å². The van der Waals surface area contributed by atoms with Crippen molar-refractivity contribution in [2.75, 3.05) is 13.2 Å². The van der Waals surface area contributed by atoms with Gasteiger partial charge in [-0.15, -0.1) is 0 Å². The summed E-state index contributed by atoms with van der Waals surface area (Å²) in [6.07, 6.45) is 3.58. The van der Waals surface area contributed by atoms with Gasteiger partial charge < -0.3 is 19.1 Å². The van der Waals surface area contributed by atoms with Crippen LogP contribution in [0.1, 0.15) is 67.2 Å². The smallest absolute Gasteiger partial charge is 0.261 e. The Kier molecular flexibility index (Phi) is 11.7. The molecule has 4 aromatic carbocycles. The lowest BCUT2D eigenvalue weighted by atomic mass is 9.83. The number of rotatable bonds is 10. The Morgan fingerprint density at radius 1 is 0.458 bits per heavy atom.